The van der Waals surface area contributed by atoms with E-state index in [9.17, 15) is 22.8 Å². The summed E-state index contributed by atoms with van der Waals surface area (Å²) >= 11 is 3.03. The summed E-state index contributed by atoms with van der Waals surface area (Å²) in [6.07, 6.45) is -4.52. The molecule has 0 radical (unpaired) electrons. The molecular formula is C12H12BrF3N2O3. The molecule has 0 unspecified atom stereocenters. The van der Waals surface area contributed by atoms with Crippen LogP contribution in [0.1, 0.15) is 12.5 Å². The number of hydrogen-bond acceptors (Lipinski definition) is 3. The fraction of sp³-hybridized carbons (Fsp3) is 0.333. The number of esters is 1. The van der Waals surface area contributed by atoms with Gasteiger partial charge in [0.05, 0.1) is 17.9 Å². The van der Waals surface area contributed by atoms with Crippen LogP contribution in [0.15, 0.2) is 22.7 Å². The highest BCUT2D eigenvalue weighted by Gasteiger charge is 2.31. The van der Waals surface area contributed by atoms with Gasteiger partial charge >= 0.3 is 18.2 Å². The van der Waals surface area contributed by atoms with Crippen molar-refractivity contribution in [2.75, 3.05) is 18.5 Å². The summed E-state index contributed by atoms with van der Waals surface area (Å²) in [4.78, 5) is 22.5. The molecule has 0 aliphatic carbocycles. The number of benzene rings is 1. The molecule has 0 aliphatic heterocycles. The average molecular weight is 369 g/mol. The molecule has 21 heavy (non-hydrogen) atoms. The Morgan fingerprint density at radius 2 is 2.00 bits per heavy atom. The predicted octanol–water partition coefficient (Wildman–Crippen LogP) is 3.15. The zero-order chi connectivity index (χ0) is 16.0. The van der Waals surface area contributed by atoms with Crippen molar-refractivity contribution in [3.05, 3.63) is 28.2 Å². The first kappa shape index (κ1) is 17.3. The van der Waals surface area contributed by atoms with Crippen molar-refractivity contribution in [1.29, 1.82) is 0 Å². The van der Waals surface area contributed by atoms with Crippen molar-refractivity contribution in [1.82, 2.24) is 5.32 Å². The third kappa shape index (κ3) is 5.62. The monoisotopic (exact) mass is 368 g/mol. The number of alkyl halides is 3. The highest BCUT2D eigenvalue weighted by atomic mass is 79.9. The van der Waals surface area contributed by atoms with Gasteiger partial charge in [-0.3, -0.25) is 4.79 Å². The first-order valence-corrected chi connectivity index (χ1v) is 6.60. The molecule has 0 saturated carbocycles. The highest BCUT2D eigenvalue weighted by molar-refractivity contribution is 9.10. The Hall–Kier alpha value is -1.77. The molecule has 116 valence electrons. The molecule has 1 aromatic rings. The summed E-state index contributed by atoms with van der Waals surface area (Å²) in [6.45, 7) is 1.40. The summed E-state index contributed by atoms with van der Waals surface area (Å²) in [6, 6.07) is 2.02. The van der Waals surface area contributed by atoms with Crippen molar-refractivity contribution in [3.8, 4) is 0 Å². The zero-order valence-corrected chi connectivity index (χ0v) is 12.5. The van der Waals surface area contributed by atoms with Crippen LogP contribution in [-0.2, 0) is 15.7 Å². The van der Waals surface area contributed by atoms with Gasteiger partial charge in [-0.15, -0.1) is 0 Å². The maximum atomic E-state index is 12.6. The van der Waals surface area contributed by atoms with Crippen LogP contribution in [0.3, 0.4) is 0 Å². The van der Waals surface area contributed by atoms with Gasteiger partial charge in [-0.1, -0.05) is 0 Å². The number of anilines is 1. The zero-order valence-electron chi connectivity index (χ0n) is 10.9. The van der Waals surface area contributed by atoms with Gasteiger partial charge < -0.3 is 15.4 Å². The molecule has 9 heteroatoms. The Kier molecular flexibility index (Phi) is 6.01. The smallest absolute Gasteiger partial charge is 0.416 e. The van der Waals surface area contributed by atoms with E-state index in [0.717, 1.165) is 12.1 Å². The second-order valence-corrected chi connectivity index (χ2v) is 4.66. The molecular weight excluding hydrogens is 357 g/mol. The second kappa shape index (κ2) is 7.30. The fourth-order valence-corrected chi connectivity index (χ4v) is 1.67. The Morgan fingerprint density at radius 1 is 1.33 bits per heavy atom. The molecule has 1 rings (SSSR count). The van der Waals surface area contributed by atoms with Gasteiger partial charge in [0.1, 0.15) is 6.54 Å². The van der Waals surface area contributed by atoms with E-state index in [0.29, 0.717) is 0 Å². The number of carbonyl (C=O) groups is 2. The molecule has 0 bridgehead atoms. The molecule has 0 heterocycles. The number of carbonyl (C=O) groups excluding carboxylic acids is 2. The van der Waals surface area contributed by atoms with E-state index in [1.165, 1.54) is 6.07 Å². The van der Waals surface area contributed by atoms with E-state index >= 15 is 0 Å². The average Bonchev–Trinajstić information content (AvgIpc) is 2.38. The van der Waals surface area contributed by atoms with E-state index in [4.69, 9.17) is 0 Å². The van der Waals surface area contributed by atoms with Crippen LogP contribution in [0.25, 0.3) is 0 Å². The van der Waals surface area contributed by atoms with Gasteiger partial charge in [-0.2, -0.15) is 13.2 Å². The molecule has 0 aliphatic rings. The van der Waals surface area contributed by atoms with Crippen molar-refractivity contribution >= 4 is 33.6 Å². The Bertz CT molecular complexity index is 535. The van der Waals surface area contributed by atoms with Gasteiger partial charge in [0.2, 0.25) is 0 Å². The summed E-state index contributed by atoms with van der Waals surface area (Å²) < 4.78 is 42.6. The predicted molar refractivity (Wildman–Crippen MR) is 72.8 cm³/mol. The molecule has 2 N–H and O–H groups in total. The van der Waals surface area contributed by atoms with E-state index in [-0.39, 0.29) is 23.3 Å². The van der Waals surface area contributed by atoms with Crippen LogP contribution < -0.4 is 10.6 Å². The number of halogens is 4. The minimum atomic E-state index is -4.52. The van der Waals surface area contributed by atoms with Crippen LogP contribution in [0.5, 0.6) is 0 Å². The van der Waals surface area contributed by atoms with Crippen LogP contribution in [0, 0.1) is 0 Å². The highest BCUT2D eigenvalue weighted by Crippen LogP contribution is 2.33. The Balaban J connectivity index is 2.69. The van der Waals surface area contributed by atoms with Crippen LogP contribution >= 0.6 is 15.9 Å². The molecule has 2 amide bonds. The molecule has 5 nitrogen and oxygen atoms in total. The van der Waals surface area contributed by atoms with Crippen LogP contribution in [-0.4, -0.2) is 25.2 Å². The third-order valence-electron chi connectivity index (χ3n) is 2.24. The maximum Gasteiger partial charge on any atom is 0.416 e. The van der Waals surface area contributed by atoms with E-state index in [1.807, 2.05) is 0 Å². The summed E-state index contributed by atoms with van der Waals surface area (Å²) in [7, 11) is 0. The first-order valence-electron chi connectivity index (χ1n) is 5.81. The van der Waals surface area contributed by atoms with Crippen molar-refractivity contribution in [3.63, 3.8) is 0 Å². The number of hydrogen-bond donors (Lipinski definition) is 2. The molecule has 0 saturated heterocycles. The summed E-state index contributed by atoms with van der Waals surface area (Å²) in [5, 5.41) is 4.39. The normalized spacial score (nSPS) is 10.9. The minimum Gasteiger partial charge on any atom is -0.465 e. The lowest BCUT2D eigenvalue weighted by molar-refractivity contribution is -0.141. The SMILES string of the molecule is CCOC(=O)CNC(=O)Nc1cc(C(F)(F)F)ccc1Br. The second-order valence-electron chi connectivity index (χ2n) is 3.81. The maximum absolute atomic E-state index is 12.6. The number of urea groups is 1. The lowest BCUT2D eigenvalue weighted by Gasteiger charge is -2.12. The molecule has 1 aromatic carbocycles. The van der Waals surface area contributed by atoms with Crippen LogP contribution in [0.4, 0.5) is 23.7 Å². The van der Waals surface area contributed by atoms with Gasteiger partial charge in [0.25, 0.3) is 0 Å². The topological polar surface area (TPSA) is 67.4 Å². The summed E-state index contributed by atoms with van der Waals surface area (Å²) in [5.74, 6) is -0.643. The standard InChI is InChI=1S/C12H12BrF3N2O3/c1-2-21-10(19)6-17-11(20)18-9-5-7(12(14,15)16)3-4-8(9)13/h3-5H,2,6H2,1H3,(H2,17,18,20). The van der Waals surface area contributed by atoms with E-state index in [1.54, 1.807) is 6.92 Å². The van der Waals surface area contributed by atoms with Gasteiger partial charge in [0, 0.05) is 4.47 Å². The molecule has 0 spiro atoms. The number of ether oxygens (including phenoxy) is 1. The Morgan fingerprint density at radius 3 is 2.57 bits per heavy atom. The quantitative estimate of drug-likeness (QED) is 0.802. The van der Waals surface area contributed by atoms with Gasteiger partial charge in [0.15, 0.2) is 0 Å². The molecule has 0 aromatic heterocycles. The number of nitrogens with one attached hydrogen (secondary N) is 2. The largest absolute Gasteiger partial charge is 0.465 e. The lowest BCUT2D eigenvalue weighted by atomic mass is 10.2. The molecule has 0 atom stereocenters. The van der Waals surface area contributed by atoms with Crippen LogP contribution in [0.2, 0.25) is 0 Å². The van der Waals surface area contributed by atoms with E-state index < -0.39 is 23.7 Å². The fourth-order valence-electron chi connectivity index (χ4n) is 1.33. The van der Waals surface area contributed by atoms with Crippen molar-refractivity contribution < 1.29 is 27.5 Å². The number of rotatable bonds is 4. The minimum absolute atomic E-state index is 0.0637. The summed E-state index contributed by atoms with van der Waals surface area (Å²) in [5.41, 5.74) is -0.961. The van der Waals surface area contributed by atoms with Crippen molar-refractivity contribution in [2.24, 2.45) is 0 Å². The van der Waals surface area contributed by atoms with E-state index in [2.05, 4.69) is 31.3 Å². The third-order valence-corrected chi connectivity index (χ3v) is 2.93. The first-order chi connectivity index (χ1) is 9.74. The van der Waals surface area contributed by atoms with Gasteiger partial charge in [-0.25, -0.2) is 4.79 Å². The molecule has 0 fully saturated rings. The van der Waals surface area contributed by atoms with Gasteiger partial charge in [-0.05, 0) is 41.1 Å². The number of amides is 2. The van der Waals surface area contributed by atoms with Crippen molar-refractivity contribution in [2.45, 2.75) is 13.1 Å². The lowest BCUT2D eigenvalue weighted by Crippen LogP contribution is -2.34. The Labute approximate surface area is 127 Å².